The number of nitrogens with one attached hydrogen (secondary N) is 1. The quantitative estimate of drug-likeness (QED) is 0.736. The van der Waals surface area contributed by atoms with Gasteiger partial charge in [-0.1, -0.05) is 25.5 Å². The van der Waals surface area contributed by atoms with Gasteiger partial charge in [0.1, 0.15) is 18.6 Å². The van der Waals surface area contributed by atoms with Crippen LogP contribution < -0.4 is 0 Å². The second kappa shape index (κ2) is 3.89. The highest BCUT2D eigenvalue weighted by molar-refractivity contribution is 6.35. The molecule has 3 rings (SSSR count). The van der Waals surface area contributed by atoms with Gasteiger partial charge in [0, 0.05) is 5.92 Å². The van der Waals surface area contributed by atoms with Gasteiger partial charge >= 0.3 is 0 Å². The molecule has 1 saturated heterocycles. The highest BCUT2D eigenvalue weighted by atomic mass is 15.0. The van der Waals surface area contributed by atoms with Crippen LogP contribution in [0.2, 0.25) is 12.6 Å². The van der Waals surface area contributed by atoms with Gasteiger partial charge in [0.05, 0.1) is 12.0 Å². The van der Waals surface area contributed by atoms with Crippen molar-refractivity contribution in [1.29, 1.82) is 0 Å². The molecule has 1 N–H and O–H groups in total. The summed E-state index contributed by atoms with van der Waals surface area (Å²) in [5, 5.41) is 0. The van der Waals surface area contributed by atoms with E-state index in [4.69, 9.17) is 0 Å². The minimum atomic E-state index is 0.584. The van der Waals surface area contributed by atoms with Crippen molar-refractivity contribution in [3.05, 3.63) is 17.8 Å². The largest absolute Gasteiger partial charge is 0.329 e. The number of hydrogen-bond acceptors (Lipinski definition) is 3. The third kappa shape index (κ3) is 1.60. The van der Waals surface area contributed by atoms with Gasteiger partial charge in [0.15, 0.2) is 5.65 Å². The maximum absolute atomic E-state index is 4.60. The van der Waals surface area contributed by atoms with Crippen molar-refractivity contribution in [1.82, 2.24) is 19.9 Å². The van der Waals surface area contributed by atoms with Crippen molar-refractivity contribution in [2.75, 3.05) is 0 Å². The minimum absolute atomic E-state index is 0.584. The van der Waals surface area contributed by atoms with Gasteiger partial charge < -0.3 is 4.98 Å². The first kappa shape index (κ1) is 9.81. The lowest BCUT2D eigenvalue weighted by atomic mass is 9.61. The summed E-state index contributed by atoms with van der Waals surface area (Å²) in [4.78, 5) is 16.4. The fraction of sp³-hybridized carbons (Fsp3) is 0.545. The Hall–Kier alpha value is -1.39. The van der Waals surface area contributed by atoms with Crippen LogP contribution in [0.1, 0.15) is 30.3 Å². The predicted molar refractivity (Wildman–Crippen MR) is 65.2 cm³/mol. The summed E-state index contributed by atoms with van der Waals surface area (Å²) >= 11 is 0. The minimum Gasteiger partial charge on any atom is -0.329 e. The van der Waals surface area contributed by atoms with Crippen LogP contribution in [-0.2, 0) is 0 Å². The molecular weight excluding hydrogens is 199 g/mol. The Morgan fingerprint density at radius 1 is 1.31 bits per heavy atom. The van der Waals surface area contributed by atoms with Crippen molar-refractivity contribution in [2.45, 2.75) is 38.3 Å². The van der Waals surface area contributed by atoms with Gasteiger partial charge in [0.25, 0.3) is 0 Å². The van der Waals surface area contributed by atoms with E-state index < -0.39 is 0 Å². The van der Waals surface area contributed by atoms with E-state index >= 15 is 0 Å². The zero-order valence-corrected chi connectivity index (χ0v) is 9.53. The van der Waals surface area contributed by atoms with Gasteiger partial charge in [-0.2, -0.15) is 0 Å². The van der Waals surface area contributed by atoms with E-state index in [0.717, 1.165) is 22.7 Å². The number of aryl methyl sites for hydroxylation is 1. The SMILES string of the molecule is Cc1nc(C2CCBCC2)c2nc[nH]c2n1. The van der Waals surface area contributed by atoms with Crippen LogP contribution in [0.4, 0.5) is 0 Å². The molecule has 0 atom stereocenters. The van der Waals surface area contributed by atoms with Crippen LogP contribution in [-0.4, -0.2) is 27.2 Å². The van der Waals surface area contributed by atoms with Gasteiger partial charge in [0.2, 0.25) is 0 Å². The fourth-order valence-corrected chi connectivity index (χ4v) is 2.63. The zero-order valence-electron chi connectivity index (χ0n) is 9.53. The summed E-state index contributed by atoms with van der Waals surface area (Å²) in [6.07, 6.45) is 6.85. The van der Waals surface area contributed by atoms with Gasteiger partial charge in [-0.15, -0.1) is 0 Å². The Morgan fingerprint density at radius 3 is 2.94 bits per heavy atom. The molecule has 0 bridgehead atoms. The van der Waals surface area contributed by atoms with Crippen LogP contribution >= 0.6 is 0 Å². The zero-order chi connectivity index (χ0) is 11.0. The summed E-state index contributed by atoms with van der Waals surface area (Å²) in [6, 6.07) is 0. The molecule has 82 valence electrons. The first-order valence-corrected chi connectivity index (χ1v) is 6.02. The van der Waals surface area contributed by atoms with E-state index in [1.807, 2.05) is 6.92 Å². The molecule has 1 fully saturated rings. The van der Waals surface area contributed by atoms with E-state index in [1.54, 1.807) is 6.33 Å². The number of aromatic amines is 1. The van der Waals surface area contributed by atoms with Crippen molar-refractivity contribution in [3.8, 4) is 0 Å². The summed E-state index contributed by atoms with van der Waals surface area (Å²) in [6.45, 7) is 1.95. The first-order valence-electron chi connectivity index (χ1n) is 6.02. The lowest BCUT2D eigenvalue weighted by Crippen LogP contribution is -2.11. The van der Waals surface area contributed by atoms with Crippen molar-refractivity contribution >= 4 is 18.4 Å². The average molecular weight is 214 g/mol. The number of imidazole rings is 1. The van der Waals surface area contributed by atoms with Gasteiger partial charge in [-0.3, -0.25) is 0 Å². The Labute approximate surface area is 95.2 Å². The number of fused-ring (bicyclic) bond motifs is 1. The monoisotopic (exact) mass is 214 g/mol. The molecule has 2 aromatic rings. The fourth-order valence-electron chi connectivity index (χ4n) is 2.63. The summed E-state index contributed by atoms with van der Waals surface area (Å²) < 4.78 is 0. The maximum Gasteiger partial charge on any atom is 0.161 e. The number of aromatic nitrogens is 4. The van der Waals surface area contributed by atoms with Gasteiger partial charge in [-0.25, -0.2) is 15.0 Å². The molecule has 0 unspecified atom stereocenters. The van der Waals surface area contributed by atoms with Crippen LogP contribution in [0, 0.1) is 6.92 Å². The molecule has 0 spiro atoms. The molecule has 0 saturated carbocycles. The molecule has 0 aliphatic carbocycles. The smallest absolute Gasteiger partial charge is 0.161 e. The standard InChI is InChI=1S/C11H15BN4/c1-7-15-9(8-2-4-12-5-3-8)10-11(16-7)14-6-13-10/h6,8,12H,2-5H2,1H3,(H,13,14,15,16). The van der Waals surface area contributed by atoms with Crippen LogP contribution in [0.25, 0.3) is 11.2 Å². The lowest BCUT2D eigenvalue weighted by Gasteiger charge is -2.20. The van der Waals surface area contributed by atoms with E-state index in [1.165, 1.54) is 32.8 Å². The van der Waals surface area contributed by atoms with E-state index in [0.29, 0.717) is 5.92 Å². The van der Waals surface area contributed by atoms with Crippen molar-refractivity contribution in [2.24, 2.45) is 0 Å². The topological polar surface area (TPSA) is 54.5 Å². The second-order valence-corrected chi connectivity index (χ2v) is 4.59. The molecule has 16 heavy (non-hydrogen) atoms. The molecular formula is C11H15BN4. The molecule has 2 aromatic heterocycles. The Balaban J connectivity index is 2.09. The Kier molecular flexibility index (Phi) is 2.38. The molecule has 1 aliphatic heterocycles. The third-order valence-corrected chi connectivity index (χ3v) is 3.41. The molecule has 0 aromatic carbocycles. The van der Waals surface area contributed by atoms with Crippen LogP contribution in [0.3, 0.4) is 0 Å². The van der Waals surface area contributed by atoms with Gasteiger partial charge in [-0.05, 0) is 6.92 Å². The summed E-state index contributed by atoms with van der Waals surface area (Å²) in [5.41, 5.74) is 3.01. The van der Waals surface area contributed by atoms with Crippen molar-refractivity contribution < 1.29 is 0 Å². The first-order chi connectivity index (χ1) is 7.84. The predicted octanol–water partition coefficient (Wildman–Crippen LogP) is 1.81. The molecule has 3 heterocycles. The second-order valence-electron chi connectivity index (χ2n) is 4.59. The number of H-pyrrole nitrogens is 1. The van der Waals surface area contributed by atoms with E-state index in [9.17, 15) is 0 Å². The van der Waals surface area contributed by atoms with Crippen LogP contribution in [0.15, 0.2) is 6.33 Å². The number of rotatable bonds is 1. The number of nitrogens with zero attached hydrogens (tertiary/aromatic N) is 3. The van der Waals surface area contributed by atoms with E-state index in [2.05, 4.69) is 19.9 Å². The molecule has 0 amide bonds. The molecule has 4 nitrogen and oxygen atoms in total. The molecule has 5 heteroatoms. The average Bonchev–Trinajstić information content (AvgIpc) is 2.77. The highest BCUT2D eigenvalue weighted by Gasteiger charge is 2.21. The normalized spacial score (nSPS) is 17.6. The van der Waals surface area contributed by atoms with Crippen LogP contribution in [0.5, 0.6) is 0 Å². The summed E-state index contributed by atoms with van der Waals surface area (Å²) in [7, 11) is 1.37. The number of hydrogen-bond donors (Lipinski definition) is 1. The van der Waals surface area contributed by atoms with Crippen molar-refractivity contribution in [3.63, 3.8) is 0 Å². The third-order valence-electron chi connectivity index (χ3n) is 3.41. The van der Waals surface area contributed by atoms with E-state index in [-0.39, 0.29) is 0 Å². The molecule has 0 radical (unpaired) electrons. The Morgan fingerprint density at radius 2 is 2.12 bits per heavy atom. The Bertz CT molecular complexity index is 502. The highest BCUT2D eigenvalue weighted by Crippen LogP contribution is 2.32. The lowest BCUT2D eigenvalue weighted by molar-refractivity contribution is 0.600. The summed E-state index contributed by atoms with van der Waals surface area (Å²) in [5.74, 6) is 1.43. The molecule has 1 aliphatic rings. The maximum atomic E-state index is 4.60.